The second kappa shape index (κ2) is 8.07. The minimum Gasteiger partial charge on any atom is -0.342 e. The first kappa shape index (κ1) is 20.3. The summed E-state index contributed by atoms with van der Waals surface area (Å²) in [5.74, 6) is -0.173. The molecular weight excluding hydrogens is 390 g/mol. The average molecular weight is 420 g/mol. The van der Waals surface area contributed by atoms with Crippen molar-refractivity contribution in [3.8, 4) is 0 Å². The van der Waals surface area contributed by atoms with Crippen LogP contribution in [0.5, 0.6) is 0 Å². The molecule has 0 spiro atoms. The Morgan fingerprint density at radius 1 is 1.00 bits per heavy atom. The lowest BCUT2D eigenvalue weighted by Crippen LogP contribution is -2.46. The highest BCUT2D eigenvalue weighted by molar-refractivity contribution is 7.89. The smallest absolute Gasteiger partial charge is 0.243 e. The van der Waals surface area contributed by atoms with Gasteiger partial charge in [-0.3, -0.25) is 9.59 Å². The molecule has 7 nitrogen and oxygen atoms in total. The molecule has 3 aliphatic heterocycles. The number of piperidine rings is 1. The summed E-state index contributed by atoms with van der Waals surface area (Å²) >= 11 is 0. The fourth-order valence-corrected chi connectivity index (χ4v) is 6.34. The third-order valence-electron chi connectivity index (χ3n) is 6.34. The molecule has 1 aromatic rings. The minimum atomic E-state index is -3.66. The van der Waals surface area contributed by atoms with Crippen LogP contribution in [0.25, 0.3) is 0 Å². The third kappa shape index (κ3) is 3.92. The van der Waals surface area contributed by atoms with E-state index in [1.54, 1.807) is 23.1 Å². The Labute approximate surface area is 172 Å². The topological polar surface area (TPSA) is 78.0 Å². The second-order valence-electron chi connectivity index (χ2n) is 8.30. The van der Waals surface area contributed by atoms with Gasteiger partial charge in [0.05, 0.1) is 10.8 Å². The second-order valence-corrected chi connectivity index (χ2v) is 10.2. The van der Waals surface area contributed by atoms with Gasteiger partial charge in [0.25, 0.3) is 0 Å². The number of hydrogen-bond donors (Lipinski definition) is 0. The van der Waals surface area contributed by atoms with Gasteiger partial charge in [-0.25, -0.2) is 8.42 Å². The average Bonchev–Trinajstić information content (AvgIpc) is 3.27. The normalized spacial score (nSPS) is 23.1. The summed E-state index contributed by atoms with van der Waals surface area (Å²) < 4.78 is 28.1. The van der Waals surface area contributed by atoms with Crippen molar-refractivity contribution in [1.82, 2.24) is 9.21 Å². The Morgan fingerprint density at radius 3 is 2.48 bits per heavy atom. The Balaban J connectivity index is 1.55. The van der Waals surface area contributed by atoms with Crippen LogP contribution < -0.4 is 4.90 Å². The van der Waals surface area contributed by atoms with Crippen molar-refractivity contribution in [2.75, 3.05) is 37.6 Å². The molecule has 2 amide bonds. The summed E-state index contributed by atoms with van der Waals surface area (Å²) in [7, 11) is -3.66. The maximum absolute atomic E-state index is 13.3. The van der Waals surface area contributed by atoms with E-state index in [-0.39, 0.29) is 29.2 Å². The van der Waals surface area contributed by atoms with E-state index in [0.717, 1.165) is 56.4 Å². The number of rotatable bonds is 3. The van der Waals surface area contributed by atoms with Crippen molar-refractivity contribution < 1.29 is 18.0 Å². The van der Waals surface area contributed by atoms with Gasteiger partial charge in [0.1, 0.15) is 0 Å². The van der Waals surface area contributed by atoms with Gasteiger partial charge in [0.2, 0.25) is 21.8 Å². The fraction of sp³-hybridized carbons (Fsp3) is 0.619. The lowest BCUT2D eigenvalue weighted by atomic mass is 9.98. The predicted octanol–water partition coefficient (Wildman–Crippen LogP) is 2.01. The number of amides is 2. The van der Waals surface area contributed by atoms with Gasteiger partial charge in [0.15, 0.2) is 0 Å². The number of carbonyl (C=O) groups is 2. The number of nitrogens with zero attached hydrogens (tertiary/aromatic N) is 3. The van der Waals surface area contributed by atoms with Crippen LogP contribution in [0, 0.1) is 5.92 Å². The van der Waals surface area contributed by atoms with E-state index in [0.29, 0.717) is 19.5 Å². The van der Waals surface area contributed by atoms with E-state index in [4.69, 9.17) is 0 Å². The maximum Gasteiger partial charge on any atom is 0.243 e. The zero-order valence-electron chi connectivity index (χ0n) is 17.0. The van der Waals surface area contributed by atoms with Crippen LogP contribution in [0.3, 0.4) is 0 Å². The summed E-state index contributed by atoms with van der Waals surface area (Å²) in [6.07, 6.45) is 5.11. The molecule has 158 valence electrons. The highest BCUT2D eigenvalue weighted by atomic mass is 32.2. The van der Waals surface area contributed by atoms with Crippen LogP contribution in [0.15, 0.2) is 23.1 Å². The first-order valence-electron chi connectivity index (χ1n) is 10.6. The van der Waals surface area contributed by atoms with Gasteiger partial charge in [0, 0.05) is 45.3 Å². The molecule has 29 heavy (non-hydrogen) atoms. The molecule has 0 aliphatic carbocycles. The molecule has 0 bridgehead atoms. The highest BCUT2D eigenvalue weighted by Crippen LogP contribution is 2.32. The number of carbonyl (C=O) groups excluding carboxylic acids is 2. The van der Waals surface area contributed by atoms with E-state index in [1.807, 2.05) is 4.90 Å². The highest BCUT2D eigenvalue weighted by Gasteiger charge is 2.36. The fourth-order valence-electron chi connectivity index (χ4n) is 4.77. The van der Waals surface area contributed by atoms with E-state index in [9.17, 15) is 18.0 Å². The number of likely N-dealkylation sites (tertiary alicyclic amines) is 1. The van der Waals surface area contributed by atoms with E-state index < -0.39 is 10.0 Å². The summed E-state index contributed by atoms with van der Waals surface area (Å²) in [5.41, 5.74) is 1.71. The van der Waals surface area contributed by atoms with Crippen LogP contribution in [-0.4, -0.2) is 62.2 Å². The van der Waals surface area contributed by atoms with Crippen molar-refractivity contribution in [3.05, 3.63) is 23.8 Å². The molecule has 0 saturated carbocycles. The standard InChI is InChI=1S/C21H29N3O4S/c1-16(25)24-13-5-6-17-14-19(8-9-20(17)24)29(27,28)23-12-4-7-18(15-23)21(26)22-10-2-3-11-22/h8-9,14,18H,2-7,10-13,15H2,1H3/t18-/m1/s1. The van der Waals surface area contributed by atoms with Gasteiger partial charge in [-0.2, -0.15) is 4.31 Å². The first-order chi connectivity index (χ1) is 13.9. The van der Waals surface area contributed by atoms with Crippen molar-refractivity contribution in [2.24, 2.45) is 5.92 Å². The molecule has 0 N–H and O–H groups in total. The zero-order chi connectivity index (χ0) is 20.6. The van der Waals surface area contributed by atoms with E-state index >= 15 is 0 Å². The molecule has 3 aliphatic rings. The summed E-state index contributed by atoms with van der Waals surface area (Å²) in [5, 5.41) is 0. The molecule has 1 aromatic carbocycles. The van der Waals surface area contributed by atoms with Crippen molar-refractivity contribution in [2.45, 2.75) is 50.3 Å². The largest absolute Gasteiger partial charge is 0.342 e. The number of anilines is 1. The Bertz CT molecular complexity index is 909. The Morgan fingerprint density at radius 2 is 1.76 bits per heavy atom. The van der Waals surface area contributed by atoms with Gasteiger partial charge in [-0.15, -0.1) is 0 Å². The van der Waals surface area contributed by atoms with Crippen LogP contribution in [-0.2, 0) is 26.0 Å². The number of sulfonamides is 1. The lowest BCUT2D eigenvalue weighted by Gasteiger charge is -2.34. The summed E-state index contributed by atoms with van der Waals surface area (Å²) in [6, 6.07) is 5.06. The quantitative estimate of drug-likeness (QED) is 0.751. The van der Waals surface area contributed by atoms with Crippen molar-refractivity contribution in [3.63, 3.8) is 0 Å². The number of fused-ring (bicyclic) bond motifs is 1. The van der Waals surface area contributed by atoms with Gasteiger partial charge in [-0.05, 0) is 62.3 Å². The van der Waals surface area contributed by atoms with Crippen LogP contribution in [0.4, 0.5) is 5.69 Å². The molecule has 3 heterocycles. The number of hydrogen-bond acceptors (Lipinski definition) is 4. The van der Waals surface area contributed by atoms with E-state index in [2.05, 4.69) is 0 Å². The molecular formula is C21H29N3O4S. The number of benzene rings is 1. The summed E-state index contributed by atoms with van der Waals surface area (Å²) in [6.45, 7) is 4.49. The maximum atomic E-state index is 13.3. The van der Waals surface area contributed by atoms with E-state index in [1.165, 1.54) is 11.2 Å². The monoisotopic (exact) mass is 419 g/mol. The molecule has 2 fully saturated rings. The molecule has 0 aromatic heterocycles. The molecule has 0 radical (unpaired) electrons. The Kier molecular flexibility index (Phi) is 5.66. The molecule has 8 heteroatoms. The molecule has 4 rings (SSSR count). The zero-order valence-corrected chi connectivity index (χ0v) is 17.8. The van der Waals surface area contributed by atoms with Gasteiger partial charge in [-0.1, -0.05) is 0 Å². The minimum absolute atomic E-state index is 0.0270. The lowest BCUT2D eigenvalue weighted by molar-refractivity contribution is -0.135. The third-order valence-corrected chi connectivity index (χ3v) is 8.20. The van der Waals surface area contributed by atoms with Crippen LogP contribution in [0.1, 0.15) is 44.6 Å². The molecule has 2 saturated heterocycles. The van der Waals surface area contributed by atoms with Crippen molar-refractivity contribution in [1.29, 1.82) is 0 Å². The van der Waals surface area contributed by atoms with Gasteiger partial charge >= 0.3 is 0 Å². The van der Waals surface area contributed by atoms with Crippen LogP contribution >= 0.6 is 0 Å². The Hall–Kier alpha value is -1.93. The molecule has 0 unspecified atom stereocenters. The van der Waals surface area contributed by atoms with Crippen LogP contribution in [0.2, 0.25) is 0 Å². The summed E-state index contributed by atoms with van der Waals surface area (Å²) in [4.78, 5) is 28.5. The van der Waals surface area contributed by atoms with Crippen molar-refractivity contribution >= 4 is 27.5 Å². The number of aryl methyl sites for hydroxylation is 1. The SMILES string of the molecule is CC(=O)N1CCCc2cc(S(=O)(=O)N3CCC[C@@H](C(=O)N4CCCC4)C3)ccc21. The first-order valence-corrected chi connectivity index (χ1v) is 12.0. The van der Waals surface area contributed by atoms with Gasteiger partial charge < -0.3 is 9.80 Å². The molecule has 1 atom stereocenters. The predicted molar refractivity (Wildman–Crippen MR) is 110 cm³/mol.